The van der Waals surface area contributed by atoms with Crippen LogP contribution in [0.5, 0.6) is 0 Å². The van der Waals surface area contributed by atoms with Crippen molar-refractivity contribution in [2.45, 2.75) is 45.6 Å². The Morgan fingerprint density at radius 3 is 2.63 bits per heavy atom. The highest BCUT2D eigenvalue weighted by atomic mass is 16.6. The number of aliphatic imine (C=N–C) groups is 1. The van der Waals surface area contributed by atoms with E-state index in [-0.39, 0.29) is 5.60 Å². The molecule has 2 heterocycles. The Morgan fingerprint density at radius 2 is 2.11 bits per heavy atom. The van der Waals surface area contributed by atoms with E-state index in [1.165, 1.54) is 6.40 Å². The molecule has 108 valence electrons. The third-order valence-corrected chi connectivity index (χ3v) is 3.36. The maximum Gasteiger partial charge on any atom is 0.216 e. The fourth-order valence-electron chi connectivity index (χ4n) is 2.39. The van der Waals surface area contributed by atoms with Gasteiger partial charge in [0, 0.05) is 19.0 Å². The number of aliphatic hydroxyl groups is 1. The first-order valence-electron chi connectivity index (χ1n) is 6.91. The Morgan fingerprint density at radius 1 is 1.42 bits per heavy atom. The highest BCUT2D eigenvalue weighted by Crippen LogP contribution is 2.27. The van der Waals surface area contributed by atoms with Crippen molar-refractivity contribution in [3.05, 3.63) is 11.8 Å². The average molecular weight is 268 g/mol. The third-order valence-electron chi connectivity index (χ3n) is 3.36. The van der Waals surface area contributed by atoms with Crippen molar-refractivity contribution in [2.75, 3.05) is 19.6 Å². The van der Waals surface area contributed by atoms with Crippen LogP contribution in [-0.4, -0.2) is 48.1 Å². The van der Waals surface area contributed by atoms with Crippen LogP contribution >= 0.6 is 0 Å². The number of hydrogen-bond donors (Lipinski definition) is 1. The zero-order valence-corrected chi connectivity index (χ0v) is 12.0. The van der Waals surface area contributed by atoms with Gasteiger partial charge >= 0.3 is 0 Å². The van der Waals surface area contributed by atoms with Gasteiger partial charge in [0.05, 0.1) is 12.1 Å². The molecule has 0 aliphatic carbocycles. The zero-order valence-electron chi connectivity index (χ0n) is 12.0. The molecule has 0 aromatic carbocycles. The highest BCUT2D eigenvalue weighted by molar-refractivity contribution is 5.50. The summed E-state index contributed by atoms with van der Waals surface area (Å²) in [6.07, 6.45) is 4.71. The van der Waals surface area contributed by atoms with Crippen molar-refractivity contribution in [2.24, 2.45) is 10.9 Å². The minimum atomic E-state index is -0.816. The number of ether oxygens (including phenoxy) is 2. The number of rotatable bonds is 3. The molecule has 5 nitrogen and oxygen atoms in total. The van der Waals surface area contributed by atoms with Crippen molar-refractivity contribution in [1.29, 1.82) is 0 Å². The summed E-state index contributed by atoms with van der Waals surface area (Å²) in [4.78, 5) is 5.98. The number of aliphatic hydroxyl groups excluding tert-OH is 1. The van der Waals surface area contributed by atoms with Gasteiger partial charge in [-0.25, -0.2) is 0 Å². The van der Waals surface area contributed by atoms with E-state index >= 15 is 0 Å². The molecule has 0 aromatic heterocycles. The van der Waals surface area contributed by atoms with Crippen LogP contribution in [-0.2, 0) is 9.47 Å². The normalized spacial score (nSPS) is 23.9. The summed E-state index contributed by atoms with van der Waals surface area (Å²) in [5.41, 5.74) is -0.332. The van der Waals surface area contributed by atoms with Crippen molar-refractivity contribution >= 4 is 6.40 Å². The Labute approximate surface area is 114 Å². The van der Waals surface area contributed by atoms with Gasteiger partial charge in [-0.3, -0.25) is 9.89 Å². The van der Waals surface area contributed by atoms with E-state index in [4.69, 9.17) is 9.47 Å². The minimum absolute atomic E-state index is 0.332. The Bertz CT molecular complexity index is 352. The number of piperidine rings is 1. The van der Waals surface area contributed by atoms with Gasteiger partial charge in [-0.15, -0.1) is 0 Å². The topological polar surface area (TPSA) is 54.3 Å². The lowest BCUT2D eigenvalue weighted by Crippen LogP contribution is -2.46. The average Bonchev–Trinajstić information content (AvgIpc) is 2.38. The molecule has 0 amide bonds. The molecular formula is C14H24N2O3. The number of allylic oxidation sites excluding steroid dienone is 1. The van der Waals surface area contributed by atoms with E-state index < -0.39 is 6.41 Å². The molecule has 0 spiro atoms. The second-order valence-electron chi connectivity index (χ2n) is 6.06. The van der Waals surface area contributed by atoms with Gasteiger partial charge < -0.3 is 14.6 Å². The lowest BCUT2D eigenvalue weighted by atomic mass is 9.94. The van der Waals surface area contributed by atoms with E-state index in [2.05, 4.69) is 4.99 Å². The molecule has 2 rings (SSSR count). The first-order chi connectivity index (χ1) is 8.96. The van der Waals surface area contributed by atoms with Gasteiger partial charge in [0.25, 0.3) is 0 Å². The van der Waals surface area contributed by atoms with E-state index in [1.807, 2.05) is 31.7 Å². The Balaban J connectivity index is 1.80. The van der Waals surface area contributed by atoms with Crippen molar-refractivity contribution < 1.29 is 14.6 Å². The fraction of sp³-hybridized carbons (Fsp3) is 0.786. The van der Waals surface area contributed by atoms with Crippen molar-refractivity contribution in [3.63, 3.8) is 0 Å². The highest BCUT2D eigenvalue weighted by Gasteiger charge is 2.29. The lowest BCUT2D eigenvalue weighted by molar-refractivity contribution is -0.243. The summed E-state index contributed by atoms with van der Waals surface area (Å²) in [6, 6.07) is 0. The lowest BCUT2D eigenvalue weighted by Gasteiger charge is -2.37. The van der Waals surface area contributed by atoms with Crippen LogP contribution in [0.15, 0.2) is 16.8 Å². The summed E-state index contributed by atoms with van der Waals surface area (Å²) in [7, 11) is 0. The summed E-state index contributed by atoms with van der Waals surface area (Å²) in [5, 5.41) is 10.0. The molecular weight excluding hydrogens is 244 g/mol. The van der Waals surface area contributed by atoms with Crippen LogP contribution < -0.4 is 0 Å². The molecule has 1 unspecified atom stereocenters. The maximum atomic E-state index is 10.0. The largest absolute Gasteiger partial charge is 0.450 e. The minimum Gasteiger partial charge on any atom is -0.450 e. The van der Waals surface area contributed by atoms with Crippen molar-refractivity contribution in [1.82, 2.24) is 4.90 Å². The first-order valence-corrected chi connectivity index (χ1v) is 6.91. The third kappa shape index (κ3) is 4.30. The maximum absolute atomic E-state index is 10.0. The molecule has 0 saturated carbocycles. The van der Waals surface area contributed by atoms with E-state index in [0.29, 0.717) is 12.5 Å². The molecule has 0 aromatic rings. The van der Waals surface area contributed by atoms with E-state index in [1.54, 1.807) is 0 Å². The molecule has 1 N–H and O–H groups in total. The molecule has 2 aliphatic rings. The predicted molar refractivity (Wildman–Crippen MR) is 73.7 cm³/mol. The molecule has 0 bridgehead atoms. The summed E-state index contributed by atoms with van der Waals surface area (Å²) in [6.45, 7) is 8.19. The van der Waals surface area contributed by atoms with E-state index in [9.17, 15) is 5.11 Å². The van der Waals surface area contributed by atoms with Crippen molar-refractivity contribution in [3.8, 4) is 0 Å². The molecule has 2 aliphatic heterocycles. The van der Waals surface area contributed by atoms with Crippen LogP contribution in [0.2, 0.25) is 0 Å². The summed E-state index contributed by atoms with van der Waals surface area (Å²) < 4.78 is 11.0. The smallest absolute Gasteiger partial charge is 0.216 e. The monoisotopic (exact) mass is 268 g/mol. The zero-order chi connectivity index (χ0) is 13.9. The molecule has 19 heavy (non-hydrogen) atoms. The molecule has 5 heteroatoms. The van der Waals surface area contributed by atoms with Crippen LogP contribution in [0.1, 0.15) is 33.6 Å². The molecule has 0 radical (unpaired) electrons. The van der Waals surface area contributed by atoms with Gasteiger partial charge in [0.15, 0.2) is 6.40 Å². The van der Waals surface area contributed by atoms with E-state index in [0.717, 1.165) is 31.7 Å². The SMILES string of the molecule is CC(C)(C)OC(O)N1CCC(C2=CCN=CO2)CC1. The Hall–Kier alpha value is -0.910. The first kappa shape index (κ1) is 14.5. The number of likely N-dealkylation sites (tertiary alicyclic amines) is 1. The van der Waals surface area contributed by atoms with Gasteiger partial charge in [-0.2, -0.15) is 0 Å². The Kier molecular flexibility index (Phi) is 4.60. The second kappa shape index (κ2) is 6.03. The van der Waals surface area contributed by atoms with Crippen LogP contribution in [0.25, 0.3) is 0 Å². The number of nitrogens with zero attached hydrogens (tertiary/aromatic N) is 2. The number of hydrogen-bond acceptors (Lipinski definition) is 5. The molecule has 1 saturated heterocycles. The van der Waals surface area contributed by atoms with Crippen LogP contribution in [0.3, 0.4) is 0 Å². The van der Waals surface area contributed by atoms with Gasteiger partial charge in [-0.05, 0) is 39.7 Å². The van der Waals surface area contributed by atoms with Crippen LogP contribution in [0, 0.1) is 5.92 Å². The quantitative estimate of drug-likeness (QED) is 0.792. The summed E-state index contributed by atoms with van der Waals surface area (Å²) >= 11 is 0. The van der Waals surface area contributed by atoms with Gasteiger partial charge in [0.2, 0.25) is 6.41 Å². The predicted octanol–water partition coefficient (Wildman–Crippen LogP) is 1.73. The summed E-state index contributed by atoms with van der Waals surface area (Å²) in [5.74, 6) is 1.46. The molecule has 1 atom stereocenters. The molecule has 1 fully saturated rings. The second-order valence-corrected chi connectivity index (χ2v) is 6.06. The van der Waals surface area contributed by atoms with Gasteiger partial charge in [0.1, 0.15) is 5.76 Å². The standard InChI is InChI=1S/C14H24N2O3/c1-14(2,3)19-13(17)16-8-5-11(6-9-16)12-4-7-15-10-18-12/h4,10-11,13,17H,5-9H2,1-3H3. The van der Waals surface area contributed by atoms with Crippen LogP contribution in [0.4, 0.5) is 0 Å². The van der Waals surface area contributed by atoms with Gasteiger partial charge in [-0.1, -0.05) is 0 Å². The fourth-order valence-corrected chi connectivity index (χ4v) is 2.39.